The van der Waals surface area contributed by atoms with Crippen LogP contribution in [0, 0.1) is 3.57 Å². The highest BCUT2D eigenvalue weighted by Gasteiger charge is 2.04. The molecular formula is C10H6BrIN2O. The zero-order valence-electron chi connectivity index (χ0n) is 7.52. The summed E-state index contributed by atoms with van der Waals surface area (Å²) < 4.78 is 3.69. The molecule has 0 radical (unpaired) electrons. The molecule has 0 N–H and O–H groups in total. The quantitative estimate of drug-likeness (QED) is 0.596. The summed E-state index contributed by atoms with van der Waals surface area (Å²) in [6.07, 6.45) is 4.52. The first-order chi connectivity index (χ1) is 7.20. The summed E-state index contributed by atoms with van der Waals surface area (Å²) in [5.41, 5.74) is 1.57. The zero-order chi connectivity index (χ0) is 10.8. The molecule has 5 heteroatoms. The van der Waals surface area contributed by atoms with Gasteiger partial charge in [-0.1, -0.05) is 0 Å². The second kappa shape index (κ2) is 4.44. The van der Waals surface area contributed by atoms with Crippen molar-refractivity contribution in [3.63, 3.8) is 0 Å². The average molecular weight is 377 g/mol. The van der Waals surface area contributed by atoms with E-state index < -0.39 is 0 Å². The van der Waals surface area contributed by atoms with Crippen LogP contribution in [-0.4, -0.2) is 16.1 Å². The Morgan fingerprint density at radius 3 is 2.80 bits per heavy atom. The maximum Gasteiger partial charge on any atom is 0.150 e. The number of aromatic nitrogens is 2. The van der Waals surface area contributed by atoms with Crippen molar-refractivity contribution in [1.82, 2.24) is 9.78 Å². The number of hydrogen-bond acceptors (Lipinski definition) is 2. The fourth-order valence-corrected chi connectivity index (χ4v) is 2.18. The van der Waals surface area contributed by atoms with Crippen LogP contribution >= 0.6 is 38.5 Å². The van der Waals surface area contributed by atoms with Gasteiger partial charge in [0.1, 0.15) is 6.29 Å². The molecule has 3 nitrogen and oxygen atoms in total. The Kier molecular flexibility index (Phi) is 3.20. The first kappa shape index (κ1) is 10.8. The maximum atomic E-state index is 10.6. The predicted octanol–water partition coefficient (Wildman–Crippen LogP) is 3.05. The minimum atomic E-state index is 0.646. The molecule has 0 amide bonds. The van der Waals surface area contributed by atoms with Crippen molar-refractivity contribution < 1.29 is 4.79 Å². The number of halogens is 2. The van der Waals surface area contributed by atoms with Crippen LogP contribution < -0.4 is 0 Å². The molecule has 1 aromatic heterocycles. The summed E-state index contributed by atoms with van der Waals surface area (Å²) >= 11 is 5.61. The van der Waals surface area contributed by atoms with Gasteiger partial charge in [-0.15, -0.1) is 0 Å². The smallest absolute Gasteiger partial charge is 0.150 e. The first-order valence-corrected chi connectivity index (χ1v) is 6.03. The fraction of sp³-hybridized carbons (Fsp3) is 0. The zero-order valence-corrected chi connectivity index (χ0v) is 11.3. The van der Waals surface area contributed by atoms with Crippen LogP contribution in [0.25, 0.3) is 5.69 Å². The van der Waals surface area contributed by atoms with E-state index in [-0.39, 0.29) is 0 Å². The van der Waals surface area contributed by atoms with E-state index in [4.69, 9.17) is 0 Å². The molecule has 0 saturated carbocycles. The third-order valence-corrected chi connectivity index (χ3v) is 3.10. The molecule has 15 heavy (non-hydrogen) atoms. The summed E-state index contributed by atoms with van der Waals surface area (Å²) in [5.74, 6) is 0. The molecule has 0 saturated heterocycles. The standard InChI is InChI=1S/C10H6BrIN2O/c11-9-3-7(6-15)1-2-10(9)14-5-8(12)4-13-14/h1-6H. The summed E-state index contributed by atoms with van der Waals surface area (Å²) in [6, 6.07) is 5.40. The molecule has 0 bridgehead atoms. The van der Waals surface area contributed by atoms with E-state index in [1.807, 2.05) is 12.3 Å². The molecule has 0 unspecified atom stereocenters. The van der Waals surface area contributed by atoms with E-state index in [2.05, 4.69) is 43.6 Å². The van der Waals surface area contributed by atoms with Gasteiger partial charge in [0.2, 0.25) is 0 Å². The largest absolute Gasteiger partial charge is 0.298 e. The van der Waals surface area contributed by atoms with E-state index in [0.29, 0.717) is 5.56 Å². The topological polar surface area (TPSA) is 34.9 Å². The van der Waals surface area contributed by atoms with Gasteiger partial charge in [-0.25, -0.2) is 4.68 Å². The lowest BCUT2D eigenvalue weighted by atomic mass is 10.2. The number of hydrogen-bond donors (Lipinski definition) is 0. The number of carbonyl (C=O) groups is 1. The molecule has 0 spiro atoms. The van der Waals surface area contributed by atoms with Crippen LogP contribution in [0.1, 0.15) is 10.4 Å². The highest BCUT2D eigenvalue weighted by molar-refractivity contribution is 14.1. The Balaban J connectivity index is 2.49. The Bertz CT molecular complexity index is 510. The Morgan fingerprint density at radius 1 is 1.47 bits per heavy atom. The lowest BCUT2D eigenvalue weighted by Crippen LogP contribution is -1.96. The summed E-state index contributed by atoms with van der Waals surface area (Å²) in [7, 11) is 0. The van der Waals surface area contributed by atoms with Gasteiger partial charge in [0, 0.05) is 16.2 Å². The number of rotatable bonds is 2. The molecule has 2 rings (SSSR count). The third-order valence-electron chi connectivity index (χ3n) is 1.91. The minimum absolute atomic E-state index is 0.646. The van der Waals surface area contributed by atoms with Crippen LogP contribution in [0.3, 0.4) is 0 Å². The minimum Gasteiger partial charge on any atom is -0.298 e. The first-order valence-electron chi connectivity index (χ1n) is 4.16. The van der Waals surface area contributed by atoms with Crippen molar-refractivity contribution in [1.29, 1.82) is 0 Å². The van der Waals surface area contributed by atoms with Crippen molar-refractivity contribution in [2.45, 2.75) is 0 Å². The molecule has 0 aliphatic carbocycles. The lowest BCUT2D eigenvalue weighted by Gasteiger charge is -2.04. The van der Waals surface area contributed by atoms with Crippen molar-refractivity contribution in [2.24, 2.45) is 0 Å². The van der Waals surface area contributed by atoms with Crippen molar-refractivity contribution in [3.8, 4) is 5.69 Å². The molecule has 0 atom stereocenters. The maximum absolute atomic E-state index is 10.6. The summed E-state index contributed by atoms with van der Waals surface area (Å²) in [5, 5.41) is 4.19. The number of aldehydes is 1. The van der Waals surface area contributed by atoms with Gasteiger partial charge in [-0.3, -0.25) is 4.79 Å². The van der Waals surface area contributed by atoms with Crippen LogP contribution in [0.5, 0.6) is 0 Å². The Hall–Kier alpha value is -0.690. The predicted molar refractivity (Wildman–Crippen MR) is 69.4 cm³/mol. The Labute approximate surface area is 109 Å². The molecule has 1 aromatic carbocycles. The van der Waals surface area contributed by atoms with Crippen LogP contribution in [0.2, 0.25) is 0 Å². The van der Waals surface area contributed by atoms with Gasteiger partial charge in [-0.05, 0) is 56.7 Å². The van der Waals surface area contributed by atoms with E-state index in [1.165, 1.54) is 0 Å². The highest BCUT2D eigenvalue weighted by atomic mass is 127. The molecule has 0 aliphatic rings. The van der Waals surface area contributed by atoms with Gasteiger partial charge >= 0.3 is 0 Å². The number of nitrogens with zero attached hydrogens (tertiary/aromatic N) is 2. The van der Waals surface area contributed by atoms with Gasteiger partial charge in [0.05, 0.1) is 15.5 Å². The second-order valence-corrected chi connectivity index (χ2v) is 5.03. The molecule has 1 heterocycles. The molecule has 0 fully saturated rings. The van der Waals surface area contributed by atoms with Gasteiger partial charge < -0.3 is 0 Å². The average Bonchev–Trinajstić information content (AvgIpc) is 2.64. The molecular weight excluding hydrogens is 371 g/mol. The number of benzene rings is 1. The lowest BCUT2D eigenvalue weighted by molar-refractivity contribution is 0.112. The van der Waals surface area contributed by atoms with E-state index in [0.717, 1.165) is 20.0 Å². The highest BCUT2D eigenvalue weighted by Crippen LogP contribution is 2.22. The summed E-state index contributed by atoms with van der Waals surface area (Å²) in [4.78, 5) is 10.6. The third kappa shape index (κ3) is 2.28. The molecule has 0 aliphatic heterocycles. The van der Waals surface area contributed by atoms with Gasteiger partial charge in [-0.2, -0.15) is 5.10 Å². The summed E-state index contributed by atoms with van der Waals surface area (Å²) in [6.45, 7) is 0. The second-order valence-electron chi connectivity index (χ2n) is 2.93. The van der Waals surface area contributed by atoms with Gasteiger partial charge in [0.15, 0.2) is 0 Å². The van der Waals surface area contributed by atoms with Crippen LogP contribution in [0.4, 0.5) is 0 Å². The normalized spacial score (nSPS) is 10.3. The van der Waals surface area contributed by atoms with E-state index in [9.17, 15) is 4.79 Å². The van der Waals surface area contributed by atoms with Crippen LogP contribution in [0.15, 0.2) is 35.1 Å². The van der Waals surface area contributed by atoms with E-state index in [1.54, 1.807) is 23.0 Å². The Morgan fingerprint density at radius 2 is 2.27 bits per heavy atom. The van der Waals surface area contributed by atoms with E-state index >= 15 is 0 Å². The van der Waals surface area contributed by atoms with Crippen LogP contribution in [-0.2, 0) is 0 Å². The number of carbonyl (C=O) groups excluding carboxylic acids is 1. The molecule has 76 valence electrons. The molecule has 2 aromatic rings. The van der Waals surface area contributed by atoms with Crippen molar-refractivity contribution in [3.05, 3.63) is 44.2 Å². The fourth-order valence-electron chi connectivity index (χ4n) is 1.21. The SMILES string of the molecule is O=Cc1ccc(-n2cc(I)cn2)c(Br)c1. The van der Waals surface area contributed by atoms with Crippen molar-refractivity contribution >= 4 is 44.8 Å². The van der Waals surface area contributed by atoms with Gasteiger partial charge in [0.25, 0.3) is 0 Å². The van der Waals surface area contributed by atoms with Crippen molar-refractivity contribution in [2.75, 3.05) is 0 Å². The monoisotopic (exact) mass is 376 g/mol.